The van der Waals surface area contributed by atoms with Crippen molar-refractivity contribution in [3.63, 3.8) is 0 Å². The van der Waals surface area contributed by atoms with Crippen molar-refractivity contribution in [1.82, 2.24) is 14.5 Å². The largest absolute Gasteiger partial charge is 0.352 e. The maximum atomic E-state index is 12.9. The van der Waals surface area contributed by atoms with Gasteiger partial charge in [-0.1, -0.05) is 23.8 Å². The molecule has 30 heavy (non-hydrogen) atoms. The lowest BCUT2D eigenvalue weighted by Gasteiger charge is -2.36. The van der Waals surface area contributed by atoms with E-state index in [9.17, 15) is 18.0 Å². The van der Waals surface area contributed by atoms with Crippen molar-refractivity contribution in [3.05, 3.63) is 42.5 Å². The van der Waals surface area contributed by atoms with Gasteiger partial charge in [-0.2, -0.15) is 4.31 Å². The van der Waals surface area contributed by atoms with Gasteiger partial charge in [-0.05, 0) is 44.7 Å². The molecule has 0 bridgehead atoms. The number of sulfonamides is 1. The second-order valence-corrected chi connectivity index (χ2v) is 10.1. The lowest BCUT2D eigenvalue weighted by molar-refractivity contribution is -0.140. The molecule has 0 aromatic heterocycles. The van der Waals surface area contributed by atoms with Crippen LogP contribution in [0.15, 0.2) is 41.8 Å². The molecular formula is C22H31N3O4S. The van der Waals surface area contributed by atoms with Crippen LogP contribution in [0.3, 0.4) is 0 Å². The molecule has 0 radical (unpaired) electrons. The van der Waals surface area contributed by atoms with Crippen LogP contribution in [-0.2, 0) is 19.6 Å². The van der Waals surface area contributed by atoms with Crippen LogP contribution in [0.4, 0.5) is 0 Å². The first-order chi connectivity index (χ1) is 14.3. The van der Waals surface area contributed by atoms with Crippen molar-refractivity contribution >= 4 is 21.8 Å². The summed E-state index contributed by atoms with van der Waals surface area (Å²) in [6.45, 7) is 7.84. The van der Waals surface area contributed by atoms with Crippen molar-refractivity contribution in [3.8, 4) is 0 Å². The lowest BCUT2D eigenvalue weighted by atomic mass is 9.92. The number of likely N-dealkylation sites (tertiary alicyclic amines) is 1. The minimum atomic E-state index is -3.52. The Morgan fingerprint density at radius 3 is 2.17 bits per heavy atom. The van der Waals surface area contributed by atoms with E-state index in [4.69, 9.17) is 0 Å². The number of hydrogen-bond acceptors (Lipinski definition) is 4. The molecule has 1 aromatic carbocycles. The molecule has 2 aliphatic rings. The fraction of sp³-hybridized carbons (Fsp3) is 0.545. The van der Waals surface area contributed by atoms with Crippen LogP contribution < -0.4 is 5.32 Å². The van der Waals surface area contributed by atoms with Crippen molar-refractivity contribution in [2.45, 2.75) is 37.5 Å². The first-order valence-corrected chi connectivity index (χ1v) is 12.0. The van der Waals surface area contributed by atoms with Crippen molar-refractivity contribution in [1.29, 1.82) is 0 Å². The van der Waals surface area contributed by atoms with Gasteiger partial charge in [0.05, 0.1) is 4.90 Å². The number of carbonyl (C=O) groups is 2. The Kier molecular flexibility index (Phi) is 7.31. The van der Waals surface area contributed by atoms with Crippen LogP contribution in [0, 0.1) is 18.8 Å². The van der Waals surface area contributed by atoms with Gasteiger partial charge in [0.2, 0.25) is 21.8 Å². The molecule has 0 spiro atoms. The maximum Gasteiger partial charge on any atom is 0.243 e. The van der Waals surface area contributed by atoms with Gasteiger partial charge < -0.3 is 10.2 Å². The predicted molar refractivity (Wildman–Crippen MR) is 115 cm³/mol. The minimum Gasteiger partial charge on any atom is -0.352 e. The van der Waals surface area contributed by atoms with Gasteiger partial charge in [-0.25, -0.2) is 8.42 Å². The highest BCUT2D eigenvalue weighted by Crippen LogP contribution is 2.27. The Morgan fingerprint density at radius 1 is 1.03 bits per heavy atom. The van der Waals surface area contributed by atoms with Gasteiger partial charge in [0, 0.05) is 44.6 Å². The summed E-state index contributed by atoms with van der Waals surface area (Å²) in [5.74, 6) is -0.0972. The average molecular weight is 434 g/mol. The monoisotopic (exact) mass is 433 g/mol. The molecule has 164 valence electrons. The van der Waals surface area contributed by atoms with Crippen LogP contribution in [0.1, 0.15) is 31.2 Å². The molecule has 2 heterocycles. The third kappa shape index (κ3) is 5.10. The summed E-state index contributed by atoms with van der Waals surface area (Å²) in [5.41, 5.74) is 1.01. The third-order valence-corrected chi connectivity index (χ3v) is 7.97. The maximum absolute atomic E-state index is 12.9. The molecule has 0 unspecified atom stereocenters. The van der Waals surface area contributed by atoms with E-state index in [1.807, 2.05) is 11.8 Å². The minimum absolute atomic E-state index is 0.0246. The predicted octanol–water partition coefficient (Wildman–Crippen LogP) is 1.94. The van der Waals surface area contributed by atoms with Gasteiger partial charge >= 0.3 is 0 Å². The van der Waals surface area contributed by atoms with Gasteiger partial charge in [-0.3, -0.25) is 9.59 Å². The lowest BCUT2D eigenvalue weighted by Crippen LogP contribution is -2.48. The highest BCUT2D eigenvalue weighted by atomic mass is 32.2. The highest BCUT2D eigenvalue weighted by Gasteiger charge is 2.35. The van der Waals surface area contributed by atoms with E-state index in [0.717, 1.165) is 5.56 Å². The van der Waals surface area contributed by atoms with Crippen LogP contribution >= 0.6 is 0 Å². The van der Waals surface area contributed by atoms with Crippen molar-refractivity contribution < 1.29 is 18.0 Å². The number of rotatable bonds is 6. The van der Waals surface area contributed by atoms with Gasteiger partial charge in [0.15, 0.2) is 0 Å². The quantitative estimate of drug-likeness (QED) is 0.695. The molecule has 7 nitrogen and oxygen atoms in total. The molecule has 2 fully saturated rings. The smallest absolute Gasteiger partial charge is 0.243 e. The molecule has 2 aliphatic heterocycles. The number of nitrogens with one attached hydrogen (secondary N) is 1. The Bertz CT molecular complexity index is 866. The second kappa shape index (κ2) is 9.75. The number of benzene rings is 1. The normalized spacial score (nSPS) is 19.4. The zero-order chi connectivity index (χ0) is 21.7. The fourth-order valence-corrected chi connectivity index (χ4v) is 5.61. The number of hydrogen-bond donors (Lipinski definition) is 1. The summed E-state index contributed by atoms with van der Waals surface area (Å²) >= 11 is 0. The number of carbonyl (C=O) groups excluding carboxylic acids is 2. The zero-order valence-corrected chi connectivity index (χ0v) is 18.4. The number of amides is 2. The molecule has 3 rings (SSSR count). The van der Waals surface area contributed by atoms with E-state index in [0.29, 0.717) is 63.3 Å². The number of aryl methyl sites for hydroxylation is 1. The van der Waals surface area contributed by atoms with Crippen molar-refractivity contribution in [2.24, 2.45) is 11.8 Å². The summed E-state index contributed by atoms with van der Waals surface area (Å²) in [6, 6.07) is 6.86. The standard InChI is InChI=1S/C22H31N3O4S/c1-3-12-23-21(26)18-8-13-24(14-9-18)22(27)19-10-15-25(16-11-19)30(28,29)20-6-4-17(2)5-7-20/h3-7,18-19H,1,8-16H2,2H3,(H,23,26). The molecule has 0 atom stereocenters. The molecule has 1 N–H and O–H groups in total. The topological polar surface area (TPSA) is 86.8 Å². The van der Waals surface area contributed by atoms with Crippen LogP contribution in [0.5, 0.6) is 0 Å². The van der Waals surface area contributed by atoms with Crippen molar-refractivity contribution in [2.75, 3.05) is 32.7 Å². The third-order valence-electron chi connectivity index (χ3n) is 6.06. The second-order valence-electron chi connectivity index (χ2n) is 8.12. The number of piperidine rings is 2. The average Bonchev–Trinajstić information content (AvgIpc) is 2.77. The van der Waals surface area contributed by atoms with E-state index in [2.05, 4.69) is 11.9 Å². The molecule has 2 amide bonds. The summed E-state index contributed by atoms with van der Waals surface area (Å²) in [5, 5.41) is 2.82. The van der Waals surface area contributed by atoms with E-state index < -0.39 is 10.0 Å². The molecule has 0 aliphatic carbocycles. The van der Waals surface area contributed by atoms with E-state index in [1.165, 1.54) is 4.31 Å². The Balaban J connectivity index is 1.50. The highest BCUT2D eigenvalue weighted by molar-refractivity contribution is 7.89. The van der Waals surface area contributed by atoms with Crippen LogP contribution in [0.2, 0.25) is 0 Å². The van der Waals surface area contributed by atoms with E-state index in [-0.39, 0.29) is 23.7 Å². The SMILES string of the molecule is C=CCNC(=O)C1CCN(C(=O)C2CCN(S(=O)(=O)c3ccc(C)cc3)CC2)CC1. The number of nitrogens with zero attached hydrogens (tertiary/aromatic N) is 2. The van der Waals surface area contributed by atoms with Crippen LogP contribution in [0.25, 0.3) is 0 Å². The Labute approximate surface area is 179 Å². The van der Waals surface area contributed by atoms with Gasteiger partial charge in [0.25, 0.3) is 0 Å². The fourth-order valence-electron chi connectivity index (χ4n) is 4.14. The van der Waals surface area contributed by atoms with Crippen LogP contribution in [-0.4, -0.2) is 62.2 Å². The summed E-state index contributed by atoms with van der Waals surface area (Å²) in [7, 11) is -3.52. The summed E-state index contributed by atoms with van der Waals surface area (Å²) in [4.78, 5) is 27.1. The van der Waals surface area contributed by atoms with E-state index in [1.54, 1.807) is 30.3 Å². The molecule has 8 heteroatoms. The summed E-state index contributed by atoms with van der Waals surface area (Å²) in [6.07, 6.45) is 4.04. The zero-order valence-electron chi connectivity index (χ0n) is 17.5. The van der Waals surface area contributed by atoms with Gasteiger partial charge in [0.1, 0.15) is 0 Å². The molecular weight excluding hydrogens is 402 g/mol. The van der Waals surface area contributed by atoms with E-state index >= 15 is 0 Å². The van der Waals surface area contributed by atoms with Gasteiger partial charge in [-0.15, -0.1) is 6.58 Å². The Morgan fingerprint density at radius 2 is 1.60 bits per heavy atom. The first kappa shape index (κ1) is 22.5. The molecule has 1 aromatic rings. The Hall–Kier alpha value is -2.19. The molecule has 2 saturated heterocycles. The summed E-state index contributed by atoms with van der Waals surface area (Å²) < 4.78 is 27.2. The molecule has 0 saturated carbocycles. The first-order valence-electron chi connectivity index (χ1n) is 10.6.